The van der Waals surface area contributed by atoms with Gasteiger partial charge in [0.1, 0.15) is 5.60 Å². The quantitative estimate of drug-likeness (QED) is 0.738. The molecule has 1 aliphatic rings. The molecule has 0 spiro atoms. The number of hydrogen-bond acceptors (Lipinski definition) is 5. The molecular formula is C12H21NO5S. The summed E-state index contributed by atoms with van der Waals surface area (Å²) < 4.78 is 31.6. The lowest BCUT2D eigenvalue weighted by Crippen LogP contribution is -2.51. The molecule has 19 heavy (non-hydrogen) atoms. The molecule has 0 atom stereocenters. The van der Waals surface area contributed by atoms with Crippen molar-refractivity contribution >= 4 is 16.2 Å². The zero-order valence-corrected chi connectivity index (χ0v) is 12.6. The summed E-state index contributed by atoms with van der Waals surface area (Å²) in [7, 11) is -2.42. The largest absolute Gasteiger partial charge is 0.444 e. The molecule has 0 aromatic carbocycles. The Balaban J connectivity index is 2.30. The highest BCUT2D eigenvalue weighted by atomic mass is 32.2. The Labute approximate surface area is 114 Å². The van der Waals surface area contributed by atoms with E-state index in [4.69, 9.17) is 4.74 Å². The zero-order chi connectivity index (χ0) is 14.7. The Bertz CT molecular complexity index is 443. The highest BCUT2D eigenvalue weighted by molar-refractivity contribution is 7.89. The van der Waals surface area contributed by atoms with Gasteiger partial charge in [0, 0.05) is 13.1 Å². The van der Waals surface area contributed by atoms with E-state index in [0.29, 0.717) is 19.5 Å². The van der Waals surface area contributed by atoms with Crippen molar-refractivity contribution in [3.8, 4) is 0 Å². The predicted octanol–water partition coefficient (Wildman–Crippen LogP) is 1.73. The van der Waals surface area contributed by atoms with Gasteiger partial charge in [-0.2, -0.15) is 8.42 Å². The van der Waals surface area contributed by atoms with Crippen LogP contribution in [0.4, 0.5) is 4.79 Å². The Morgan fingerprint density at radius 2 is 1.95 bits per heavy atom. The van der Waals surface area contributed by atoms with Gasteiger partial charge >= 0.3 is 6.09 Å². The molecule has 1 heterocycles. The van der Waals surface area contributed by atoms with E-state index in [2.05, 4.69) is 4.18 Å². The van der Waals surface area contributed by atoms with Crippen LogP contribution in [0.2, 0.25) is 0 Å². The monoisotopic (exact) mass is 291 g/mol. The van der Waals surface area contributed by atoms with Gasteiger partial charge < -0.3 is 9.64 Å². The second kappa shape index (κ2) is 5.92. The smallest absolute Gasteiger partial charge is 0.410 e. The van der Waals surface area contributed by atoms with E-state index in [1.165, 1.54) is 0 Å². The van der Waals surface area contributed by atoms with Crippen molar-refractivity contribution in [3.05, 3.63) is 11.5 Å². The lowest BCUT2D eigenvalue weighted by atomic mass is 9.97. The second-order valence-electron chi connectivity index (χ2n) is 5.52. The topological polar surface area (TPSA) is 72.9 Å². The van der Waals surface area contributed by atoms with Crippen molar-refractivity contribution in [2.75, 3.05) is 20.2 Å². The van der Waals surface area contributed by atoms with Gasteiger partial charge in [-0.15, -0.1) is 0 Å². The molecule has 1 amide bonds. The molecule has 0 aliphatic carbocycles. The standard InChI is InChI=1S/C12H21NO5S/c1-12(2,3)18-11(14)13-8-10(9-13)6-5-7-19(15,16)17-4/h5,7,10H,6,8-9H2,1-4H3/b7-5+. The maximum atomic E-state index is 11.6. The van der Waals surface area contributed by atoms with Crippen LogP contribution in [0.1, 0.15) is 27.2 Å². The fraction of sp³-hybridized carbons (Fsp3) is 0.750. The highest BCUT2D eigenvalue weighted by Crippen LogP contribution is 2.22. The predicted molar refractivity (Wildman–Crippen MR) is 71.0 cm³/mol. The molecule has 1 rings (SSSR count). The van der Waals surface area contributed by atoms with Crippen molar-refractivity contribution in [1.29, 1.82) is 0 Å². The molecule has 1 saturated heterocycles. The average molecular weight is 291 g/mol. The van der Waals surface area contributed by atoms with Gasteiger partial charge in [-0.25, -0.2) is 4.79 Å². The van der Waals surface area contributed by atoms with Gasteiger partial charge in [0.25, 0.3) is 10.1 Å². The molecule has 0 radical (unpaired) electrons. The SMILES string of the molecule is COS(=O)(=O)/C=C/CC1CN(C(=O)OC(C)(C)C)C1. The second-order valence-corrected chi connectivity index (χ2v) is 7.11. The molecular weight excluding hydrogens is 270 g/mol. The lowest BCUT2D eigenvalue weighted by Gasteiger charge is -2.39. The third-order valence-electron chi connectivity index (χ3n) is 2.57. The van der Waals surface area contributed by atoms with Gasteiger partial charge in [0.15, 0.2) is 0 Å². The first-order valence-electron chi connectivity index (χ1n) is 6.08. The number of carbonyl (C=O) groups is 1. The molecule has 6 nitrogen and oxygen atoms in total. The molecule has 0 aromatic rings. The maximum absolute atomic E-state index is 11.6. The summed E-state index contributed by atoms with van der Waals surface area (Å²) in [6.07, 6.45) is 1.83. The van der Waals surface area contributed by atoms with E-state index in [0.717, 1.165) is 12.5 Å². The Kier molecular flexibility index (Phi) is 4.98. The van der Waals surface area contributed by atoms with Crippen LogP contribution in [-0.4, -0.2) is 45.2 Å². The molecule has 0 N–H and O–H groups in total. The summed E-state index contributed by atoms with van der Waals surface area (Å²) in [5.74, 6) is 0.274. The molecule has 110 valence electrons. The number of carbonyl (C=O) groups excluding carboxylic acids is 1. The van der Waals surface area contributed by atoms with Crippen LogP contribution < -0.4 is 0 Å². The molecule has 0 aromatic heterocycles. The Morgan fingerprint density at radius 3 is 2.42 bits per heavy atom. The molecule has 1 fully saturated rings. The third-order valence-corrected chi connectivity index (χ3v) is 3.56. The molecule has 0 saturated carbocycles. The van der Waals surface area contributed by atoms with Gasteiger partial charge in [-0.3, -0.25) is 4.18 Å². The number of allylic oxidation sites excluding steroid dienone is 1. The normalized spacial score (nSPS) is 17.6. The number of rotatable bonds is 4. The van der Waals surface area contributed by atoms with Gasteiger partial charge in [0.05, 0.1) is 12.5 Å². The summed E-state index contributed by atoms with van der Waals surface area (Å²) in [5.41, 5.74) is -0.491. The first-order chi connectivity index (χ1) is 8.63. The zero-order valence-electron chi connectivity index (χ0n) is 11.8. The molecule has 0 unspecified atom stereocenters. The highest BCUT2D eigenvalue weighted by Gasteiger charge is 2.32. The summed E-state index contributed by atoms with van der Waals surface area (Å²) in [6, 6.07) is 0. The van der Waals surface area contributed by atoms with E-state index in [1.54, 1.807) is 11.0 Å². The number of nitrogens with zero attached hydrogens (tertiary/aromatic N) is 1. The van der Waals surface area contributed by atoms with E-state index in [9.17, 15) is 13.2 Å². The van der Waals surface area contributed by atoms with Gasteiger partial charge in [-0.1, -0.05) is 6.08 Å². The Morgan fingerprint density at radius 1 is 1.37 bits per heavy atom. The minimum Gasteiger partial charge on any atom is -0.444 e. The van der Waals surface area contributed by atoms with E-state index >= 15 is 0 Å². The van der Waals surface area contributed by atoms with Crippen molar-refractivity contribution in [2.24, 2.45) is 5.92 Å². The van der Waals surface area contributed by atoms with Gasteiger partial charge in [-0.05, 0) is 33.1 Å². The van der Waals surface area contributed by atoms with E-state index in [1.807, 2.05) is 20.8 Å². The third kappa shape index (κ3) is 5.61. The summed E-state index contributed by atoms with van der Waals surface area (Å²) in [5, 5.41) is 1.04. The minimum absolute atomic E-state index is 0.274. The fourth-order valence-electron chi connectivity index (χ4n) is 1.62. The van der Waals surface area contributed by atoms with Crippen molar-refractivity contribution < 1.29 is 22.1 Å². The van der Waals surface area contributed by atoms with Crippen LogP contribution in [0.25, 0.3) is 0 Å². The van der Waals surface area contributed by atoms with Crippen molar-refractivity contribution in [2.45, 2.75) is 32.8 Å². The molecule has 1 aliphatic heterocycles. The van der Waals surface area contributed by atoms with Crippen molar-refractivity contribution in [1.82, 2.24) is 4.90 Å². The Hall–Kier alpha value is -1.08. The molecule has 7 heteroatoms. The summed E-state index contributed by atoms with van der Waals surface area (Å²) in [6.45, 7) is 6.64. The first kappa shape index (κ1) is 16.0. The minimum atomic E-state index is -3.54. The van der Waals surface area contributed by atoms with Gasteiger partial charge in [0.2, 0.25) is 0 Å². The van der Waals surface area contributed by atoms with E-state index in [-0.39, 0.29) is 12.0 Å². The van der Waals surface area contributed by atoms with Crippen LogP contribution in [0.15, 0.2) is 11.5 Å². The number of ether oxygens (including phenoxy) is 1. The maximum Gasteiger partial charge on any atom is 0.410 e. The lowest BCUT2D eigenvalue weighted by molar-refractivity contribution is -0.000517. The number of likely N-dealkylation sites (tertiary alicyclic amines) is 1. The molecule has 0 bridgehead atoms. The summed E-state index contributed by atoms with van der Waals surface area (Å²) >= 11 is 0. The fourth-order valence-corrected chi connectivity index (χ4v) is 2.07. The van der Waals surface area contributed by atoms with Crippen LogP contribution in [-0.2, 0) is 19.0 Å². The van der Waals surface area contributed by atoms with Crippen LogP contribution in [0.3, 0.4) is 0 Å². The van der Waals surface area contributed by atoms with Crippen LogP contribution >= 0.6 is 0 Å². The number of amides is 1. The van der Waals surface area contributed by atoms with E-state index < -0.39 is 15.7 Å². The first-order valence-corrected chi connectivity index (χ1v) is 7.55. The average Bonchev–Trinajstić information content (AvgIpc) is 2.18. The number of hydrogen-bond donors (Lipinski definition) is 0. The summed E-state index contributed by atoms with van der Waals surface area (Å²) in [4.78, 5) is 13.2. The van der Waals surface area contributed by atoms with Crippen LogP contribution in [0, 0.1) is 5.92 Å². The van der Waals surface area contributed by atoms with Crippen molar-refractivity contribution in [3.63, 3.8) is 0 Å². The van der Waals surface area contributed by atoms with Crippen LogP contribution in [0.5, 0.6) is 0 Å².